The number of carbonyl (C=O) groups excluding carboxylic acids is 2. The van der Waals surface area contributed by atoms with Crippen LogP contribution >= 0.6 is 0 Å². The van der Waals surface area contributed by atoms with Crippen LogP contribution in [-0.2, 0) is 9.59 Å². The summed E-state index contributed by atoms with van der Waals surface area (Å²) in [6.07, 6.45) is 2.33. The van der Waals surface area contributed by atoms with Crippen LogP contribution in [0.25, 0.3) is 0 Å². The van der Waals surface area contributed by atoms with Crippen molar-refractivity contribution in [3.8, 4) is 0 Å². The summed E-state index contributed by atoms with van der Waals surface area (Å²) in [7, 11) is 0. The first-order valence-corrected chi connectivity index (χ1v) is 7.58. The van der Waals surface area contributed by atoms with Crippen LogP contribution < -0.4 is 11.1 Å². The van der Waals surface area contributed by atoms with Gasteiger partial charge >= 0.3 is 0 Å². The fourth-order valence-corrected chi connectivity index (χ4v) is 3.36. The molecule has 1 aliphatic heterocycles. The minimum absolute atomic E-state index is 0.205. The molecule has 3 atom stereocenters. The van der Waals surface area contributed by atoms with Crippen LogP contribution in [0.1, 0.15) is 40.5 Å². The van der Waals surface area contributed by atoms with Gasteiger partial charge < -0.3 is 16.0 Å². The molecule has 5 heteroatoms. The van der Waals surface area contributed by atoms with E-state index in [1.807, 2.05) is 0 Å². The zero-order valence-electron chi connectivity index (χ0n) is 13.0. The molecule has 2 bridgehead atoms. The molecule has 2 rings (SSSR count). The van der Waals surface area contributed by atoms with E-state index in [2.05, 4.69) is 24.1 Å². The van der Waals surface area contributed by atoms with Gasteiger partial charge in [-0.3, -0.25) is 9.59 Å². The number of nitrogens with one attached hydrogen (secondary N) is 1. The Bertz CT molecular complexity index is 392. The van der Waals surface area contributed by atoms with E-state index < -0.39 is 11.3 Å². The lowest BCUT2D eigenvalue weighted by Gasteiger charge is -2.41. The van der Waals surface area contributed by atoms with E-state index in [0.717, 1.165) is 25.9 Å². The fraction of sp³-hybridized carbons (Fsp3) is 0.867. The number of hydrogen-bond donors (Lipinski definition) is 2. The standard InChI is InChI=1S/C15H27N3O2/c1-9(2)18-7-10-5-6-11(8-18)12(10)17-14(20)15(3,4)13(16)19/h9-12H,5-8H2,1-4H3,(H2,16,19)(H,17,20)/t10-,11+,12-. The maximum absolute atomic E-state index is 12.3. The fourth-order valence-electron chi connectivity index (χ4n) is 3.36. The lowest BCUT2D eigenvalue weighted by Crippen LogP contribution is -2.57. The number of rotatable bonds is 4. The Balaban J connectivity index is 2.02. The molecule has 0 aromatic rings. The summed E-state index contributed by atoms with van der Waals surface area (Å²) in [4.78, 5) is 26.2. The molecule has 0 aromatic heterocycles. The van der Waals surface area contributed by atoms with E-state index in [1.54, 1.807) is 13.8 Å². The highest BCUT2D eigenvalue weighted by Gasteiger charge is 2.45. The van der Waals surface area contributed by atoms with Crippen molar-refractivity contribution in [3.63, 3.8) is 0 Å². The summed E-state index contributed by atoms with van der Waals surface area (Å²) in [6, 6.07) is 0.757. The van der Waals surface area contributed by atoms with Crippen molar-refractivity contribution in [2.75, 3.05) is 13.1 Å². The number of nitrogens with zero attached hydrogens (tertiary/aromatic N) is 1. The molecule has 114 valence electrons. The maximum atomic E-state index is 12.3. The second kappa shape index (κ2) is 5.35. The molecular weight excluding hydrogens is 254 g/mol. The number of carbonyl (C=O) groups is 2. The Hall–Kier alpha value is -1.10. The molecule has 2 aliphatic rings. The van der Waals surface area contributed by atoms with Crippen LogP contribution in [0.4, 0.5) is 0 Å². The van der Waals surface area contributed by atoms with Gasteiger partial charge in [0.15, 0.2) is 0 Å². The molecular formula is C15H27N3O2. The third-order valence-corrected chi connectivity index (χ3v) is 5.07. The third kappa shape index (κ3) is 2.68. The van der Waals surface area contributed by atoms with Crippen LogP contribution in [0.5, 0.6) is 0 Å². The van der Waals surface area contributed by atoms with Gasteiger partial charge in [-0.1, -0.05) is 0 Å². The van der Waals surface area contributed by atoms with Crippen molar-refractivity contribution in [1.82, 2.24) is 10.2 Å². The molecule has 2 fully saturated rings. The van der Waals surface area contributed by atoms with Crippen molar-refractivity contribution in [3.05, 3.63) is 0 Å². The van der Waals surface area contributed by atoms with E-state index in [0.29, 0.717) is 17.9 Å². The first-order valence-electron chi connectivity index (χ1n) is 7.58. The lowest BCUT2D eigenvalue weighted by atomic mass is 9.87. The van der Waals surface area contributed by atoms with Gasteiger partial charge in [-0.25, -0.2) is 0 Å². The lowest BCUT2D eigenvalue weighted by molar-refractivity contribution is -0.140. The Morgan fingerprint density at radius 3 is 2.10 bits per heavy atom. The molecule has 0 aromatic carbocycles. The molecule has 0 unspecified atom stereocenters. The van der Waals surface area contributed by atoms with Crippen molar-refractivity contribution in [2.24, 2.45) is 23.0 Å². The number of nitrogens with two attached hydrogens (primary N) is 1. The second-order valence-corrected chi connectivity index (χ2v) is 7.13. The van der Waals surface area contributed by atoms with Crippen molar-refractivity contribution in [2.45, 2.75) is 52.6 Å². The van der Waals surface area contributed by atoms with E-state index >= 15 is 0 Å². The number of hydrogen-bond acceptors (Lipinski definition) is 3. The first kappa shape index (κ1) is 15.3. The molecule has 1 saturated heterocycles. The third-order valence-electron chi connectivity index (χ3n) is 5.07. The summed E-state index contributed by atoms with van der Waals surface area (Å²) in [5.41, 5.74) is 4.18. The smallest absolute Gasteiger partial charge is 0.235 e. The number of fused-ring (bicyclic) bond motifs is 2. The largest absolute Gasteiger partial charge is 0.369 e. The normalized spacial score (nSPS) is 30.6. The Labute approximate surface area is 121 Å². The highest BCUT2D eigenvalue weighted by Crippen LogP contribution is 2.38. The van der Waals surface area contributed by atoms with Gasteiger partial charge in [0.25, 0.3) is 0 Å². The predicted molar refractivity (Wildman–Crippen MR) is 77.8 cm³/mol. The van der Waals surface area contributed by atoms with Crippen molar-refractivity contribution in [1.29, 1.82) is 0 Å². The average molecular weight is 281 g/mol. The average Bonchev–Trinajstić information content (AvgIpc) is 2.60. The Morgan fingerprint density at radius 1 is 1.20 bits per heavy atom. The van der Waals surface area contributed by atoms with Gasteiger partial charge in [0.1, 0.15) is 5.41 Å². The maximum Gasteiger partial charge on any atom is 0.235 e. The van der Waals surface area contributed by atoms with Gasteiger partial charge in [-0.15, -0.1) is 0 Å². The first-order chi connectivity index (χ1) is 9.23. The van der Waals surface area contributed by atoms with Gasteiger partial charge in [0, 0.05) is 25.2 Å². The number of likely N-dealkylation sites (tertiary alicyclic amines) is 1. The molecule has 1 saturated carbocycles. The van der Waals surface area contributed by atoms with Gasteiger partial charge in [0.05, 0.1) is 0 Å². The molecule has 0 radical (unpaired) electrons. The quantitative estimate of drug-likeness (QED) is 0.746. The minimum atomic E-state index is -1.13. The SMILES string of the molecule is CC(C)N1C[C@H]2CC[C@@H](C1)[C@@H]2NC(=O)C(C)(C)C(N)=O. The molecule has 0 spiro atoms. The summed E-state index contributed by atoms with van der Waals surface area (Å²) >= 11 is 0. The summed E-state index contributed by atoms with van der Waals surface area (Å²) in [5, 5.41) is 3.10. The van der Waals surface area contributed by atoms with Crippen LogP contribution in [0.2, 0.25) is 0 Å². The zero-order valence-corrected chi connectivity index (χ0v) is 13.0. The topological polar surface area (TPSA) is 75.4 Å². The number of piperidine rings is 1. The number of primary amides is 1. The van der Waals surface area contributed by atoms with E-state index in [9.17, 15) is 9.59 Å². The number of amides is 2. The van der Waals surface area contributed by atoms with Crippen LogP contribution in [0.3, 0.4) is 0 Å². The summed E-state index contributed by atoms with van der Waals surface area (Å²) in [6.45, 7) is 9.70. The zero-order chi connectivity index (χ0) is 15.1. The van der Waals surface area contributed by atoms with Crippen molar-refractivity contribution >= 4 is 11.8 Å². The van der Waals surface area contributed by atoms with E-state index in [1.165, 1.54) is 0 Å². The van der Waals surface area contributed by atoms with E-state index in [4.69, 9.17) is 5.73 Å². The van der Waals surface area contributed by atoms with Gasteiger partial charge in [0.2, 0.25) is 11.8 Å². The Kier molecular flexibility index (Phi) is 4.09. The highest BCUT2D eigenvalue weighted by molar-refractivity contribution is 6.03. The summed E-state index contributed by atoms with van der Waals surface area (Å²) < 4.78 is 0. The highest BCUT2D eigenvalue weighted by atomic mass is 16.2. The minimum Gasteiger partial charge on any atom is -0.369 e. The van der Waals surface area contributed by atoms with Crippen LogP contribution in [-0.4, -0.2) is 41.9 Å². The van der Waals surface area contributed by atoms with Gasteiger partial charge in [-0.05, 0) is 52.4 Å². The predicted octanol–water partition coefficient (Wildman–Crippen LogP) is 0.733. The monoisotopic (exact) mass is 281 g/mol. The second-order valence-electron chi connectivity index (χ2n) is 7.13. The molecule has 2 amide bonds. The van der Waals surface area contributed by atoms with Crippen LogP contribution in [0.15, 0.2) is 0 Å². The molecule has 1 aliphatic carbocycles. The molecule has 3 N–H and O–H groups in total. The summed E-state index contributed by atoms with van der Waals surface area (Å²) in [5.74, 6) is 0.208. The Morgan fingerprint density at radius 2 is 1.70 bits per heavy atom. The molecule has 20 heavy (non-hydrogen) atoms. The van der Waals surface area contributed by atoms with Crippen molar-refractivity contribution < 1.29 is 9.59 Å². The molecule has 1 heterocycles. The molecule has 5 nitrogen and oxygen atoms in total. The van der Waals surface area contributed by atoms with Crippen LogP contribution in [0, 0.1) is 17.3 Å². The van der Waals surface area contributed by atoms with Gasteiger partial charge in [-0.2, -0.15) is 0 Å². The van der Waals surface area contributed by atoms with E-state index in [-0.39, 0.29) is 11.9 Å².